The first-order valence-corrected chi connectivity index (χ1v) is 7.17. The van der Waals surface area contributed by atoms with E-state index >= 15 is 0 Å². The highest BCUT2D eigenvalue weighted by Gasteiger charge is 2.30. The number of aromatic nitrogens is 1. The van der Waals surface area contributed by atoms with Crippen LogP contribution in [0.5, 0.6) is 0 Å². The second kappa shape index (κ2) is 6.70. The highest BCUT2D eigenvalue weighted by Crippen LogP contribution is 2.23. The van der Waals surface area contributed by atoms with Crippen LogP contribution in [-0.4, -0.2) is 48.6 Å². The molecule has 1 aliphatic rings. The number of hydrogen-bond donors (Lipinski definition) is 1. The molecule has 0 aliphatic carbocycles. The van der Waals surface area contributed by atoms with Gasteiger partial charge in [-0.05, 0) is 25.3 Å². The van der Waals surface area contributed by atoms with Crippen LogP contribution in [-0.2, 0) is 4.74 Å². The molecular weight excluding hydrogens is 254 g/mol. The summed E-state index contributed by atoms with van der Waals surface area (Å²) in [5.74, 6) is 0.548. The number of piperidine rings is 1. The van der Waals surface area contributed by atoms with Gasteiger partial charge in [-0.1, -0.05) is 6.92 Å². The quantitative estimate of drug-likeness (QED) is 0.914. The maximum Gasteiger partial charge on any atom is 0.256 e. The maximum absolute atomic E-state index is 12.7. The Bertz CT molecular complexity index is 464. The Balaban J connectivity index is 2.15. The fraction of sp³-hybridized carbons (Fsp3) is 0.600. The summed E-state index contributed by atoms with van der Waals surface area (Å²) >= 11 is 0. The molecule has 1 saturated heterocycles. The van der Waals surface area contributed by atoms with Crippen LogP contribution in [0, 0.1) is 5.92 Å². The van der Waals surface area contributed by atoms with Crippen molar-refractivity contribution >= 4 is 11.6 Å². The smallest absolute Gasteiger partial charge is 0.256 e. The number of nitrogens with one attached hydrogen (secondary N) is 1. The summed E-state index contributed by atoms with van der Waals surface area (Å²) in [5, 5.41) is 3.19. The highest BCUT2D eigenvalue weighted by molar-refractivity contribution is 5.99. The average Bonchev–Trinajstić information content (AvgIpc) is 2.48. The molecule has 0 spiro atoms. The minimum atomic E-state index is 0.0531. The lowest BCUT2D eigenvalue weighted by Crippen LogP contribution is -2.46. The first-order valence-electron chi connectivity index (χ1n) is 7.17. The standard InChI is InChI=1S/C15H23N3O2/c1-4-17-13-9-16-7-5-12(13)15(19)18-8-6-11(2)14(10-18)20-3/h5,7,9,11,14,17H,4,6,8,10H2,1-3H3. The van der Waals surface area contributed by atoms with Gasteiger partial charge in [-0.2, -0.15) is 0 Å². The van der Waals surface area contributed by atoms with Gasteiger partial charge in [0.15, 0.2) is 0 Å². The van der Waals surface area contributed by atoms with Crippen LogP contribution >= 0.6 is 0 Å². The fourth-order valence-electron chi connectivity index (χ4n) is 2.61. The van der Waals surface area contributed by atoms with Gasteiger partial charge in [0.25, 0.3) is 5.91 Å². The van der Waals surface area contributed by atoms with Crippen molar-refractivity contribution in [3.63, 3.8) is 0 Å². The molecule has 0 bridgehead atoms. The minimum Gasteiger partial charge on any atom is -0.383 e. The lowest BCUT2D eigenvalue weighted by molar-refractivity contribution is -0.00153. The Labute approximate surface area is 120 Å². The average molecular weight is 277 g/mol. The van der Waals surface area contributed by atoms with Gasteiger partial charge in [0, 0.05) is 32.9 Å². The molecule has 0 aromatic carbocycles. The van der Waals surface area contributed by atoms with E-state index in [0.29, 0.717) is 18.0 Å². The molecule has 2 heterocycles. The van der Waals surface area contributed by atoms with E-state index in [0.717, 1.165) is 25.2 Å². The number of ether oxygens (including phenoxy) is 1. The summed E-state index contributed by atoms with van der Waals surface area (Å²) in [4.78, 5) is 18.6. The molecule has 2 unspecified atom stereocenters. The zero-order valence-corrected chi connectivity index (χ0v) is 12.4. The molecule has 5 nitrogen and oxygen atoms in total. The molecule has 1 fully saturated rings. The van der Waals surface area contributed by atoms with Crippen molar-refractivity contribution in [3.8, 4) is 0 Å². The molecule has 0 radical (unpaired) electrons. The van der Waals surface area contributed by atoms with Crippen molar-refractivity contribution in [2.45, 2.75) is 26.4 Å². The monoisotopic (exact) mass is 277 g/mol. The predicted octanol–water partition coefficient (Wildman–Crippen LogP) is 2.01. The molecule has 1 aromatic heterocycles. The van der Waals surface area contributed by atoms with E-state index in [1.807, 2.05) is 11.8 Å². The van der Waals surface area contributed by atoms with E-state index in [-0.39, 0.29) is 12.0 Å². The zero-order valence-electron chi connectivity index (χ0n) is 12.4. The molecule has 2 rings (SSSR count). The molecule has 2 atom stereocenters. The fourth-order valence-corrected chi connectivity index (χ4v) is 2.61. The highest BCUT2D eigenvalue weighted by atomic mass is 16.5. The van der Waals surface area contributed by atoms with Crippen molar-refractivity contribution in [3.05, 3.63) is 24.0 Å². The summed E-state index contributed by atoms with van der Waals surface area (Å²) in [7, 11) is 1.71. The SMILES string of the molecule is CCNc1cnccc1C(=O)N1CCC(C)C(OC)C1. The number of hydrogen-bond acceptors (Lipinski definition) is 4. The normalized spacial score (nSPS) is 22.6. The molecule has 5 heteroatoms. The summed E-state index contributed by atoms with van der Waals surface area (Å²) in [6.45, 7) is 6.39. The Morgan fingerprint density at radius 2 is 2.40 bits per heavy atom. The molecule has 0 saturated carbocycles. The van der Waals surface area contributed by atoms with Crippen molar-refractivity contribution in [2.24, 2.45) is 5.92 Å². The van der Waals surface area contributed by atoms with Gasteiger partial charge in [0.2, 0.25) is 0 Å². The van der Waals surface area contributed by atoms with Gasteiger partial charge < -0.3 is 15.0 Å². The van der Waals surface area contributed by atoms with Gasteiger partial charge in [-0.15, -0.1) is 0 Å². The van der Waals surface area contributed by atoms with Crippen molar-refractivity contribution in [1.29, 1.82) is 0 Å². The second-order valence-electron chi connectivity index (χ2n) is 5.24. The van der Waals surface area contributed by atoms with Crippen molar-refractivity contribution in [2.75, 3.05) is 32.1 Å². The molecule has 1 N–H and O–H groups in total. The Morgan fingerprint density at radius 3 is 3.10 bits per heavy atom. The first kappa shape index (κ1) is 14.8. The van der Waals surface area contributed by atoms with Crippen LogP contribution < -0.4 is 5.32 Å². The molecule has 20 heavy (non-hydrogen) atoms. The first-order chi connectivity index (χ1) is 9.67. The number of likely N-dealkylation sites (tertiary alicyclic amines) is 1. The van der Waals surface area contributed by atoms with Crippen molar-refractivity contribution < 1.29 is 9.53 Å². The van der Waals surface area contributed by atoms with E-state index in [2.05, 4.69) is 17.2 Å². The topological polar surface area (TPSA) is 54.5 Å². The number of amides is 1. The summed E-state index contributed by atoms with van der Waals surface area (Å²) in [6, 6.07) is 1.78. The Hall–Kier alpha value is -1.62. The van der Waals surface area contributed by atoms with E-state index in [1.54, 1.807) is 25.6 Å². The predicted molar refractivity (Wildman–Crippen MR) is 78.9 cm³/mol. The summed E-state index contributed by atoms with van der Waals surface area (Å²) in [6.07, 6.45) is 4.47. The van der Waals surface area contributed by atoms with Crippen LogP contribution in [0.25, 0.3) is 0 Å². The molecule has 1 aromatic rings. The maximum atomic E-state index is 12.7. The third-order valence-corrected chi connectivity index (χ3v) is 3.90. The largest absolute Gasteiger partial charge is 0.383 e. The van der Waals surface area contributed by atoms with Gasteiger partial charge in [-0.25, -0.2) is 0 Å². The molecule has 110 valence electrons. The van der Waals surface area contributed by atoms with E-state index in [1.165, 1.54) is 0 Å². The number of anilines is 1. The van der Waals surface area contributed by atoms with Gasteiger partial charge in [0.05, 0.1) is 23.6 Å². The van der Waals surface area contributed by atoms with E-state index in [4.69, 9.17) is 4.74 Å². The number of carbonyl (C=O) groups is 1. The lowest BCUT2D eigenvalue weighted by atomic mass is 9.95. The number of methoxy groups -OCH3 is 1. The van der Waals surface area contributed by atoms with Crippen LogP contribution in [0.1, 0.15) is 30.6 Å². The summed E-state index contributed by atoms with van der Waals surface area (Å²) in [5.41, 5.74) is 1.49. The van der Waals surface area contributed by atoms with Gasteiger partial charge in [-0.3, -0.25) is 9.78 Å². The van der Waals surface area contributed by atoms with Crippen LogP contribution in [0.4, 0.5) is 5.69 Å². The van der Waals surface area contributed by atoms with Crippen LogP contribution in [0.2, 0.25) is 0 Å². The lowest BCUT2D eigenvalue weighted by Gasteiger charge is -2.36. The van der Waals surface area contributed by atoms with Crippen molar-refractivity contribution in [1.82, 2.24) is 9.88 Å². The third-order valence-electron chi connectivity index (χ3n) is 3.90. The Morgan fingerprint density at radius 1 is 1.60 bits per heavy atom. The number of nitrogens with zero attached hydrogens (tertiary/aromatic N) is 2. The molecule has 1 aliphatic heterocycles. The Kier molecular flexibility index (Phi) is 4.95. The number of rotatable bonds is 4. The van der Waals surface area contributed by atoms with Gasteiger partial charge in [0.1, 0.15) is 0 Å². The van der Waals surface area contributed by atoms with Crippen LogP contribution in [0.15, 0.2) is 18.5 Å². The number of pyridine rings is 1. The minimum absolute atomic E-state index is 0.0531. The number of carbonyl (C=O) groups excluding carboxylic acids is 1. The second-order valence-corrected chi connectivity index (χ2v) is 5.24. The molecule has 1 amide bonds. The molecular formula is C15H23N3O2. The van der Waals surface area contributed by atoms with Gasteiger partial charge >= 0.3 is 0 Å². The van der Waals surface area contributed by atoms with Crippen LogP contribution in [0.3, 0.4) is 0 Å². The van der Waals surface area contributed by atoms with E-state index < -0.39 is 0 Å². The summed E-state index contributed by atoms with van der Waals surface area (Å²) < 4.78 is 5.48. The third kappa shape index (κ3) is 3.10. The zero-order chi connectivity index (χ0) is 14.5. The van der Waals surface area contributed by atoms with E-state index in [9.17, 15) is 4.79 Å².